The Balaban J connectivity index is 2.20. The molecule has 0 atom stereocenters. The van der Waals surface area contributed by atoms with Gasteiger partial charge in [0.1, 0.15) is 0 Å². The van der Waals surface area contributed by atoms with Gasteiger partial charge < -0.3 is 0 Å². The normalized spacial score (nSPS) is 12.6. The molecule has 1 heterocycles. The fourth-order valence-electron chi connectivity index (χ4n) is 2.30. The highest BCUT2D eigenvalue weighted by Gasteiger charge is 2.27. The number of carbonyl (C=O) groups excluding carboxylic acids is 2. The van der Waals surface area contributed by atoms with Gasteiger partial charge >= 0.3 is 0 Å². The highest BCUT2D eigenvalue weighted by Crippen LogP contribution is 2.48. The lowest BCUT2D eigenvalue weighted by Crippen LogP contribution is -2.29. The number of carbonyl (C=O) groups is 2. The predicted molar refractivity (Wildman–Crippen MR) is 88.0 cm³/mol. The summed E-state index contributed by atoms with van der Waals surface area (Å²) in [5.41, 5.74) is 2.25. The summed E-state index contributed by atoms with van der Waals surface area (Å²) >= 11 is 4.85. The minimum absolute atomic E-state index is 0.00657. The Morgan fingerprint density at radius 2 is 1.81 bits per heavy atom. The number of hydrogen-bond acceptors (Lipinski definition) is 3. The molecule has 1 aliphatic rings. The Hall–Kier alpha value is -1.59. The molecule has 106 valence electrons. The number of halogens is 1. The van der Waals surface area contributed by atoms with E-state index in [1.165, 1.54) is 6.92 Å². The van der Waals surface area contributed by atoms with Crippen LogP contribution in [-0.4, -0.2) is 17.0 Å². The van der Waals surface area contributed by atoms with E-state index in [2.05, 4.69) is 15.9 Å². The van der Waals surface area contributed by atoms with Gasteiger partial charge in [-0.05, 0) is 31.2 Å². The first kappa shape index (κ1) is 14.4. The summed E-state index contributed by atoms with van der Waals surface area (Å²) in [7, 11) is 0. The average molecular weight is 362 g/mol. The van der Waals surface area contributed by atoms with E-state index in [-0.39, 0.29) is 17.0 Å². The Morgan fingerprint density at radius 1 is 1.10 bits per heavy atom. The van der Waals surface area contributed by atoms with E-state index in [1.807, 2.05) is 30.3 Å². The van der Waals surface area contributed by atoms with E-state index < -0.39 is 0 Å². The molecule has 3 rings (SSSR count). The van der Waals surface area contributed by atoms with Gasteiger partial charge in [0.05, 0.1) is 16.7 Å². The monoisotopic (exact) mass is 361 g/mol. The zero-order valence-electron chi connectivity index (χ0n) is 11.3. The van der Waals surface area contributed by atoms with Crippen molar-refractivity contribution in [3.8, 4) is 0 Å². The van der Waals surface area contributed by atoms with Crippen LogP contribution in [0.5, 0.6) is 0 Å². The maximum absolute atomic E-state index is 12.4. The second-order valence-corrected chi connectivity index (χ2v) is 6.32. The molecule has 0 saturated heterocycles. The maximum atomic E-state index is 12.4. The molecule has 3 nitrogen and oxygen atoms in total. The standard InChI is InChI=1S/C16H12BrNO2S/c1-10(19)11-6-7-15-13(8-11)18(16(20)9-17)12-4-2-3-5-14(12)21-15/h2-8H,9H2,1H3. The molecule has 1 amide bonds. The average Bonchev–Trinajstić information content (AvgIpc) is 2.51. The third-order valence-electron chi connectivity index (χ3n) is 3.30. The number of nitrogens with zero attached hydrogens (tertiary/aromatic N) is 1. The van der Waals surface area contributed by atoms with Gasteiger partial charge in [-0.25, -0.2) is 0 Å². The molecule has 0 radical (unpaired) electrons. The highest BCUT2D eigenvalue weighted by atomic mass is 79.9. The van der Waals surface area contributed by atoms with Gasteiger partial charge in [-0.15, -0.1) is 0 Å². The van der Waals surface area contributed by atoms with Crippen LogP contribution in [-0.2, 0) is 4.79 Å². The smallest absolute Gasteiger partial charge is 0.242 e. The molecule has 0 spiro atoms. The Bertz CT molecular complexity index is 745. The summed E-state index contributed by atoms with van der Waals surface area (Å²) in [5, 5.41) is 0.232. The third-order valence-corrected chi connectivity index (χ3v) is 4.91. The lowest BCUT2D eigenvalue weighted by Gasteiger charge is -2.31. The van der Waals surface area contributed by atoms with E-state index in [0.29, 0.717) is 5.56 Å². The molecule has 0 N–H and O–H groups in total. The van der Waals surface area contributed by atoms with Gasteiger partial charge in [0, 0.05) is 15.4 Å². The zero-order chi connectivity index (χ0) is 15.0. The van der Waals surface area contributed by atoms with Crippen LogP contribution in [0, 0.1) is 0 Å². The molecule has 21 heavy (non-hydrogen) atoms. The molecule has 0 fully saturated rings. The van der Waals surface area contributed by atoms with Crippen LogP contribution < -0.4 is 4.90 Å². The predicted octanol–water partition coefficient (Wildman–Crippen LogP) is 4.41. The Labute approximate surface area is 135 Å². The summed E-state index contributed by atoms with van der Waals surface area (Å²) in [4.78, 5) is 27.7. The van der Waals surface area contributed by atoms with Crippen molar-refractivity contribution >= 4 is 50.8 Å². The molecule has 0 unspecified atom stereocenters. The second-order valence-electron chi connectivity index (χ2n) is 4.67. The molecular weight excluding hydrogens is 350 g/mol. The van der Waals surface area contributed by atoms with Gasteiger partial charge in [-0.3, -0.25) is 14.5 Å². The van der Waals surface area contributed by atoms with Gasteiger partial charge in [0.25, 0.3) is 0 Å². The molecule has 2 aromatic carbocycles. The Morgan fingerprint density at radius 3 is 2.52 bits per heavy atom. The fraction of sp³-hybridized carbons (Fsp3) is 0.125. The summed E-state index contributed by atoms with van der Waals surface area (Å²) < 4.78 is 0. The van der Waals surface area contributed by atoms with Gasteiger partial charge in [0.15, 0.2) is 5.78 Å². The topological polar surface area (TPSA) is 37.4 Å². The van der Waals surface area contributed by atoms with E-state index in [4.69, 9.17) is 0 Å². The van der Waals surface area contributed by atoms with Gasteiger partial charge in [0.2, 0.25) is 5.91 Å². The molecule has 1 aliphatic heterocycles. The summed E-state index contributed by atoms with van der Waals surface area (Å²) in [6, 6.07) is 13.3. The molecule has 0 bridgehead atoms. The number of para-hydroxylation sites is 1. The van der Waals surface area contributed by atoms with Crippen molar-refractivity contribution in [3.05, 3.63) is 48.0 Å². The summed E-state index contributed by atoms with van der Waals surface area (Å²) in [5.74, 6) is -0.0578. The van der Waals surface area contributed by atoms with Crippen molar-refractivity contribution in [2.75, 3.05) is 10.2 Å². The fourth-order valence-corrected chi connectivity index (χ4v) is 3.59. The highest BCUT2D eigenvalue weighted by molar-refractivity contribution is 9.09. The van der Waals surface area contributed by atoms with Crippen molar-refractivity contribution < 1.29 is 9.59 Å². The summed E-state index contributed by atoms with van der Waals surface area (Å²) in [6.07, 6.45) is 0. The molecule has 5 heteroatoms. The lowest BCUT2D eigenvalue weighted by molar-refractivity contribution is -0.115. The van der Waals surface area contributed by atoms with Crippen molar-refractivity contribution in [3.63, 3.8) is 0 Å². The van der Waals surface area contributed by atoms with Crippen molar-refractivity contribution in [1.82, 2.24) is 0 Å². The van der Waals surface area contributed by atoms with Crippen LogP contribution in [0.15, 0.2) is 52.3 Å². The van der Waals surface area contributed by atoms with Crippen LogP contribution in [0.4, 0.5) is 11.4 Å². The van der Waals surface area contributed by atoms with E-state index in [0.717, 1.165) is 21.2 Å². The molecule has 0 aliphatic carbocycles. The van der Waals surface area contributed by atoms with Crippen LogP contribution in [0.25, 0.3) is 0 Å². The van der Waals surface area contributed by atoms with Gasteiger partial charge in [-0.1, -0.05) is 45.9 Å². The number of fused-ring (bicyclic) bond motifs is 2. The number of hydrogen-bond donors (Lipinski definition) is 0. The molecule has 0 aromatic heterocycles. The minimum Gasteiger partial charge on any atom is -0.295 e. The largest absolute Gasteiger partial charge is 0.295 e. The first-order valence-electron chi connectivity index (χ1n) is 6.42. The first-order chi connectivity index (χ1) is 10.1. The van der Waals surface area contributed by atoms with Crippen LogP contribution in [0.3, 0.4) is 0 Å². The minimum atomic E-state index is -0.0512. The van der Waals surface area contributed by atoms with Crippen LogP contribution in [0.2, 0.25) is 0 Å². The van der Waals surface area contributed by atoms with Crippen LogP contribution in [0.1, 0.15) is 17.3 Å². The number of Topliss-reactive ketones (excluding diaryl/α,β-unsaturated/α-hetero) is 1. The maximum Gasteiger partial charge on any atom is 0.242 e. The number of anilines is 2. The van der Waals surface area contributed by atoms with Crippen LogP contribution >= 0.6 is 27.7 Å². The lowest BCUT2D eigenvalue weighted by atomic mass is 10.1. The quantitative estimate of drug-likeness (QED) is 0.587. The van der Waals surface area contributed by atoms with Crippen molar-refractivity contribution in [2.24, 2.45) is 0 Å². The number of alkyl halides is 1. The SMILES string of the molecule is CC(=O)c1ccc2c(c1)N(C(=O)CBr)c1ccccc1S2. The number of amides is 1. The number of ketones is 1. The second kappa shape index (κ2) is 5.66. The number of benzene rings is 2. The molecule has 2 aromatic rings. The molecule has 0 saturated carbocycles. The van der Waals surface area contributed by atoms with E-state index in [1.54, 1.807) is 28.8 Å². The van der Waals surface area contributed by atoms with E-state index >= 15 is 0 Å². The number of rotatable bonds is 2. The van der Waals surface area contributed by atoms with E-state index in [9.17, 15) is 9.59 Å². The summed E-state index contributed by atoms with van der Waals surface area (Å²) in [6.45, 7) is 1.53. The first-order valence-corrected chi connectivity index (χ1v) is 8.36. The zero-order valence-corrected chi connectivity index (χ0v) is 13.7. The molecular formula is C16H12BrNO2S. The third kappa shape index (κ3) is 2.51. The van der Waals surface area contributed by atoms with Crippen molar-refractivity contribution in [2.45, 2.75) is 16.7 Å². The van der Waals surface area contributed by atoms with Crippen molar-refractivity contribution in [1.29, 1.82) is 0 Å². The van der Waals surface area contributed by atoms with Gasteiger partial charge in [-0.2, -0.15) is 0 Å². The Kier molecular flexibility index (Phi) is 3.87.